The largest absolute Gasteiger partial charge is 0.368 e. The monoisotopic (exact) mass is 241 g/mol. The van der Waals surface area contributed by atoms with Crippen LogP contribution in [0.15, 0.2) is 0 Å². The zero-order chi connectivity index (χ0) is 12.9. The molecule has 1 unspecified atom stereocenters. The molecule has 1 rings (SSSR count). The fourth-order valence-corrected chi connectivity index (χ4v) is 2.28. The van der Waals surface area contributed by atoms with Crippen LogP contribution in [0.5, 0.6) is 0 Å². The first-order chi connectivity index (χ1) is 7.98. The Balaban J connectivity index is 2.18. The molecule has 0 saturated heterocycles. The number of hydrogen-bond donors (Lipinski definition) is 2. The lowest BCUT2D eigenvalue weighted by Gasteiger charge is -2.31. The molecule has 0 aromatic heterocycles. The van der Waals surface area contributed by atoms with Crippen molar-refractivity contribution in [2.75, 3.05) is 27.2 Å². The van der Waals surface area contributed by atoms with Crippen molar-refractivity contribution in [3.05, 3.63) is 0 Å². The summed E-state index contributed by atoms with van der Waals surface area (Å²) in [4.78, 5) is 13.7. The number of nitrogens with one attached hydrogen (secondary N) is 1. The van der Waals surface area contributed by atoms with Crippen LogP contribution in [-0.4, -0.2) is 43.5 Å². The van der Waals surface area contributed by atoms with Crippen molar-refractivity contribution in [3.8, 4) is 0 Å². The van der Waals surface area contributed by atoms with Gasteiger partial charge in [-0.05, 0) is 59.2 Å². The third-order valence-electron chi connectivity index (χ3n) is 4.11. The highest BCUT2D eigenvalue weighted by molar-refractivity contribution is 5.84. The smallest absolute Gasteiger partial charge is 0.237 e. The number of nitrogens with two attached hydrogens (primary N) is 1. The summed E-state index contributed by atoms with van der Waals surface area (Å²) in [6.07, 6.45) is 5.98. The number of amides is 1. The average molecular weight is 241 g/mol. The van der Waals surface area contributed by atoms with Crippen molar-refractivity contribution in [2.45, 2.75) is 44.6 Å². The molecule has 0 aromatic carbocycles. The van der Waals surface area contributed by atoms with Crippen molar-refractivity contribution in [1.29, 1.82) is 0 Å². The molecule has 1 fully saturated rings. The second-order valence-electron chi connectivity index (χ2n) is 5.61. The predicted molar refractivity (Wildman–Crippen MR) is 70.7 cm³/mol. The van der Waals surface area contributed by atoms with Gasteiger partial charge in [-0.1, -0.05) is 6.42 Å². The molecule has 0 aliphatic heterocycles. The molecule has 0 bridgehead atoms. The van der Waals surface area contributed by atoms with Crippen molar-refractivity contribution in [3.63, 3.8) is 0 Å². The molecule has 0 radical (unpaired) electrons. The number of primary amides is 1. The van der Waals surface area contributed by atoms with Gasteiger partial charge in [0.05, 0.1) is 5.54 Å². The standard InChI is InChI=1S/C13H27N3O/c1-13(15-2,12(14)17)8-5-9-16(3)10-11-6-4-7-11/h11,15H,4-10H2,1-3H3,(H2,14,17). The minimum atomic E-state index is -0.558. The van der Waals surface area contributed by atoms with E-state index in [-0.39, 0.29) is 5.91 Å². The van der Waals surface area contributed by atoms with Gasteiger partial charge in [-0.25, -0.2) is 0 Å². The Morgan fingerprint density at radius 1 is 1.53 bits per heavy atom. The molecule has 1 amide bonds. The van der Waals surface area contributed by atoms with Crippen LogP contribution in [-0.2, 0) is 4.79 Å². The fourth-order valence-electron chi connectivity index (χ4n) is 2.28. The van der Waals surface area contributed by atoms with Crippen LogP contribution >= 0.6 is 0 Å². The maximum atomic E-state index is 11.3. The molecule has 0 heterocycles. The summed E-state index contributed by atoms with van der Waals surface area (Å²) in [6.45, 7) is 4.12. The first kappa shape index (κ1) is 14.5. The zero-order valence-electron chi connectivity index (χ0n) is 11.5. The predicted octanol–water partition coefficient (Wildman–Crippen LogP) is 0.962. The maximum Gasteiger partial charge on any atom is 0.237 e. The van der Waals surface area contributed by atoms with E-state index in [2.05, 4.69) is 17.3 Å². The lowest BCUT2D eigenvalue weighted by Crippen LogP contribution is -2.51. The van der Waals surface area contributed by atoms with Gasteiger partial charge in [0.1, 0.15) is 0 Å². The molecular formula is C13H27N3O. The maximum absolute atomic E-state index is 11.3. The Labute approximate surface area is 105 Å². The van der Waals surface area contributed by atoms with Gasteiger partial charge in [-0.15, -0.1) is 0 Å². The summed E-state index contributed by atoms with van der Waals surface area (Å²) in [5.41, 5.74) is 4.84. The van der Waals surface area contributed by atoms with Gasteiger partial charge in [0, 0.05) is 6.54 Å². The number of nitrogens with zero attached hydrogens (tertiary/aromatic N) is 1. The molecule has 1 aliphatic rings. The van der Waals surface area contributed by atoms with E-state index in [1.165, 1.54) is 25.8 Å². The second kappa shape index (κ2) is 6.36. The van der Waals surface area contributed by atoms with E-state index in [0.717, 1.165) is 25.3 Å². The highest BCUT2D eigenvalue weighted by Crippen LogP contribution is 2.26. The molecule has 0 spiro atoms. The Bertz CT molecular complexity index is 253. The van der Waals surface area contributed by atoms with E-state index in [1.807, 2.05) is 6.92 Å². The lowest BCUT2D eigenvalue weighted by atomic mass is 9.85. The van der Waals surface area contributed by atoms with E-state index in [4.69, 9.17) is 5.73 Å². The van der Waals surface area contributed by atoms with Crippen LogP contribution in [0.1, 0.15) is 39.0 Å². The topological polar surface area (TPSA) is 58.4 Å². The number of hydrogen-bond acceptors (Lipinski definition) is 3. The van der Waals surface area contributed by atoms with E-state index in [9.17, 15) is 4.79 Å². The van der Waals surface area contributed by atoms with Crippen molar-refractivity contribution in [1.82, 2.24) is 10.2 Å². The molecule has 1 saturated carbocycles. The van der Waals surface area contributed by atoms with Gasteiger partial charge in [0.2, 0.25) is 5.91 Å². The van der Waals surface area contributed by atoms with Gasteiger partial charge in [-0.2, -0.15) is 0 Å². The number of likely N-dealkylation sites (N-methyl/N-ethyl adjacent to an activating group) is 1. The van der Waals surface area contributed by atoms with Gasteiger partial charge in [-0.3, -0.25) is 4.79 Å². The summed E-state index contributed by atoms with van der Waals surface area (Å²) in [6, 6.07) is 0. The molecular weight excluding hydrogens is 214 g/mol. The van der Waals surface area contributed by atoms with Crippen LogP contribution in [0.2, 0.25) is 0 Å². The highest BCUT2D eigenvalue weighted by Gasteiger charge is 2.28. The molecule has 1 aliphatic carbocycles. The van der Waals surface area contributed by atoms with E-state index in [0.29, 0.717) is 0 Å². The summed E-state index contributed by atoms with van der Waals surface area (Å²) < 4.78 is 0. The SMILES string of the molecule is CNC(C)(CCCN(C)CC1CCC1)C(N)=O. The van der Waals surface area contributed by atoms with Crippen LogP contribution < -0.4 is 11.1 Å². The first-order valence-corrected chi connectivity index (χ1v) is 6.65. The summed E-state index contributed by atoms with van der Waals surface area (Å²) >= 11 is 0. The highest BCUT2D eigenvalue weighted by atomic mass is 16.1. The van der Waals surface area contributed by atoms with Crippen molar-refractivity contribution < 1.29 is 4.79 Å². The average Bonchev–Trinajstić information content (AvgIpc) is 2.23. The van der Waals surface area contributed by atoms with Crippen LogP contribution in [0.4, 0.5) is 0 Å². The normalized spacial score (nSPS) is 20.0. The number of carbonyl (C=O) groups is 1. The molecule has 4 heteroatoms. The minimum absolute atomic E-state index is 0.262. The molecule has 1 atom stereocenters. The van der Waals surface area contributed by atoms with Crippen molar-refractivity contribution in [2.24, 2.45) is 11.7 Å². The molecule has 100 valence electrons. The Morgan fingerprint density at radius 2 is 2.18 bits per heavy atom. The number of rotatable bonds is 8. The van der Waals surface area contributed by atoms with Gasteiger partial charge in [0.15, 0.2) is 0 Å². The lowest BCUT2D eigenvalue weighted by molar-refractivity contribution is -0.123. The Kier molecular flexibility index (Phi) is 5.40. The summed E-state index contributed by atoms with van der Waals surface area (Å²) in [5, 5.41) is 3.02. The van der Waals surface area contributed by atoms with Crippen LogP contribution in [0.25, 0.3) is 0 Å². The molecule has 3 N–H and O–H groups in total. The third-order valence-corrected chi connectivity index (χ3v) is 4.11. The molecule has 0 aromatic rings. The Hall–Kier alpha value is -0.610. The van der Waals surface area contributed by atoms with Crippen LogP contribution in [0.3, 0.4) is 0 Å². The third kappa shape index (κ3) is 4.28. The minimum Gasteiger partial charge on any atom is -0.368 e. The fraction of sp³-hybridized carbons (Fsp3) is 0.923. The van der Waals surface area contributed by atoms with Crippen molar-refractivity contribution >= 4 is 5.91 Å². The summed E-state index contributed by atoms with van der Waals surface area (Å²) in [5.74, 6) is 0.647. The Morgan fingerprint density at radius 3 is 2.59 bits per heavy atom. The van der Waals surface area contributed by atoms with Gasteiger partial charge in [0.25, 0.3) is 0 Å². The van der Waals surface area contributed by atoms with E-state index in [1.54, 1.807) is 7.05 Å². The van der Waals surface area contributed by atoms with Gasteiger partial charge >= 0.3 is 0 Å². The van der Waals surface area contributed by atoms with Gasteiger partial charge < -0.3 is 16.0 Å². The second-order valence-corrected chi connectivity index (χ2v) is 5.61. The molecule has 17 heavy (non-hydrogen) atoms. The summed E-state index contributed by atoms with van der Waals surface area (Å²) in [7, 11) is 3.96. The van der Waals surface area contributed by atoms with E-state index >= 15 is 0 Å². The van der Waals surface area contributed by atoms with E-state index < -0.39 is 5.54 Å². The quantitative estimate of drug-likeness (QED) is 0.665. The molecule has 4 nitrogen and oxygen atoms in total. The van der Waals surface area contributed by atoms with Crippen LogP contribution in [0, 0.1) is 5.92 Å². The first-order valence-electron chi connectivity index (χ1n) is 6.65. The zero-order valence-corrected chi connectivity index (χ0v) is 11.5. The number of carbonyl (C=O) groups excluding carboxylic acids is 1.